The maximum atomic E-state index is 12.8. The van der Waals surface area contributed by atoms with Gasteiger partial charge in [-0.05, 0) is 40.8 Å². The van der Waals surface area contributed by atoms with Crippen molar-refractivity contribution in [2.75, 3.05) is 13.1 Å². The number of nitrogens with one attached hydrogen (secondary N) is 1. The van der Waals surface area contributed by atoms with E-state index in [4.69, 9.17) is 0 Å². The second kappa shape index (κ2) is 7.54. The predicted octanol–water partition coefficient (Wildman–Crippen LogP) is 2.35. The maximum Gasteiger partial charge on any atom is 0.255 e. The minimum atomic E-state index is -0.571. The van der Waals surface area contributed by atoms with E-state index in [0.717, 1.165) is 30.8 Å². The fourth-order valence-corrected chi connectivity index (χ4v) is 4.55. The van der Waals surface area contributed by atoms with Gasteiger partial charge in [-0.2, -0.15) is 0 Å². The third-order valence-corrected chi connectivity index (χ3v) is 6.13. The van der Waals surface area contributed by atoms with Crippen LogP contribution in [0.3, 0.4) is 0 Å². The lowest BCUT2D eigenvalue weighted by Crippen LogP contribution is -2.52. The Morgan fingerprint density at radius 2 is 1.83 bits per heavy atom. The molecule has 1 N–H and O–H groups in total. The summed E-state index contributed by atoms with van der Waals surface area (Å²) in [5.41, 5.74) is 5.29. The molecule has 3 aliphatic rings. The number of rotatable bonds is 4. The Balaban J connectivity index is 1.29. The monoisotopic (exact) mass is 401 g/mol. The van der Waals surface area contributed by atoms with Gasteiger partial charge in [0, 0.05) is 38.2 Å². The fourth-order valence-electron chi connectivity index (χ4n) is 4.55. The van der Waals surface area contributed by atoms with Crippen molar-refractivity contribution in [3.63, 3.8) is 0 Å². The molecule has 2 aromatic rings. The van der Waals surface area contributed by atoms with Gasteiger partial charge in [-0.3, -0.25) is 24.6 Å². The van der Waals surface area contributed by atoms with Gasteiger partial charge in [0.1, 0.15) is 6.04 Å². The van der Waals surface area contributed by atoms with Gasteiger partial charge in [0.2, 0.25) is 11.8 Å². The summed E-state index contributed by atoms with van der Waals surface area (Å²) in [4.78, 5) is 40.5. The Morgan fingerprint density at radius 3 is 2.63 bits per heavy atom. The largest absolute Gasteiger partial charge is 0.322 e. The van der Waals surface area contributed by atoms with Crippen molar-refractivity contribution < 1.29 is 14.4 Å². The van der Waals surface area contributed by atoms with E-state index in [0.29, 0.717) is 18.5 Å². The van der Waals surface area contributed by atoms with Crippen LogP contribution >= 0.6 is 0 Å². The van der Waals surface area contributed by atoms with E-state index in [-0.39, 0.29) is 24.1 Å². The first-order valence-corrected chi connectivity index (χ1v) is 10.3. The number of carbonyl (C=O) groups excluding carboxylic acids is 3. The third kappa shape index (κ3) is 3.44. The summed E-state index contributed by atoms with van der Waals surface area (Å²) < 4.78 is 0. The van der Waals surface area contributed by atoms with Crippen LogP contribution in [0.15, 0.2) is 54.6 Å². The van der Waals surface area contributed by atoms with Crippen molar-refractivity contribution in [2.24, 2.45) is 0 Å². The molecule has 0 saturated carbocycles. The number of hydrogen-bond donors (Lipinski definition) is 1. The summed E-state index contributed by atoms with van der Waals surface area (Å²) in [6.07, 6.45) is 2.90. The van der Waals surface area contributed by atoms with Crippen molar-refractivity contribution in [3.8, 4) is 0 Å². The second-order valence-corrected chi connectivity index (χ2v) is 8.16. The van der Waals surface area contributed by atoms with Crippen LogP contribution in [0.1, 0.15) is 39.9 Å². The summed E-state index contributed by atoms with van der Waals surface area (Å²) in [7, 11) is 0. The van der Waals surface area contributed by atoms with Gasteiger partial charge in [0.05, 0.1) is 0 Å². The first kappa shape index (κ1) is 18.8. The predicted molar refractivity (Wildman–Crippen MR) is 112 cm³/mol. The van der Waals surface area contributed by atoms with Crippen molar-refractivity contribution in [2.45, 2.75) is 32.0 Å². The molecule has 6 nitrogen and oxygen atoms in total. The van der Waals surface area contributed by atoms with Gasteiger partial charge in [-0.15, -0.1) is 0 Å². The zero-order valence-corrected chi connectivity index (χ0v) is 16.6. The smallest absolute Gasteiger partial charge is 0.255 e. The van der Waals surface area contributed by atoms with E-state index in [1.165, 1.54) is 11.1 Å². The Morgan fingerprint density at radius 1 is 1.00 bits per heavy atom. The van der Waals surface area contributed by atoms with Crippen LogP contribution in [-0.2, 0) is 22.7 Å². The molecule has 6 heteroatoms. The highest BCUT2D eigenvalue weighted by Crippen LogP contribution is 2.31. The van der Waals surface area contributed by atoms with Gasteiger partial charge in [0.25, 0.3) is 5.91 Å². The molecule has 30 heavy (non-hydrogen) atoms. The molecule has 0 aliphatic carbocycles. The molecular weight excluding hydrogens is 378 g/mol. The van der Waals surface area contributed by atoms with E-state index in [1.807, 2.05) is 18.2 Å². The maximum absolute atomic E-state index is 12.8. The molecule has 1 atom stereocenters. The van der Waals surface area contributed by atoms with Gasteiger partial charge in [-0.1, -0.05) is 42.5 Å². The lowest BCUT2D eigenvalue weighted by Gasteiger charge is -2.29. The van der Waals surface area contributed by atoms with Crippen LogP contribution in [0.4, 0.5) is 0 Å². The van der Waals surface area contributed by atoms with E-state index in [1.54, 1.807) is 4.90 Å². The Bertz CT molecular complexity index is 1060. The number of amides is 3. The fraction of sp³-hybridized carbons (Fsp3) is 0.292. The van der Waals surface area contributed by atoms with Crippen LogP contribution in [0.5, 0.6) is 0 Å². The van der Waals surface area contributed by atoms with Crippen molar-refractivity contribution in [1.82, 2.24) is 15.1 Å². The van der Waals surface area contributed by atoms with Gasteiger partial charge in [0.15, 0.2) is 0 Å². The Labute approximate surface area is 175 Å². The highest BCUT2D eigenvalue weighted by Gasteiger charge is 2.39. The summed E-state index contributed by atoms with van der Waals surface area (Å²) in [6.45, 7) is 3.10. The number of imide groups is 1. The standard InChI is InChI=1S/C24H23N3O3/c28-22-9-8-21(23(29)25-22)27-15-19-12-17(6-7-20(19)24(27)30)18-10-11-26(14-18)13-16-4-2-1-3-5-16/h1-7,10,12,21H,8-9,11,13-15H2,(H,25,28,29). The molecule has 3 aliphatic heterocycles. The minimum absolute atomic E-state index is 0.128. The average Bonchev–Trinajstić information content (AvgIpc) is 3.33. The highest BCUT2D eigenvalue weighted by atomic mass is 16.2. The zero-order chi connectivity index (χ0) is 20.7. The zero-order valence-electron chi connectivity index (χ0n) is 16.6. The number of nitrogens with zero attached hydrogens (tertiary/aromatic N) is 2. The Hall–Kier alpha value is -3.25. The number of hydrogen-bond acceptors (Lipinski definition) is 4. The lowest BCUT2D eigenvalue weighted by atomic mass is 10.0. The topological polar surface area (TPSA) is 69.7 Å². The van der Waals surface area contributed by atoms with Gasteiger partial charge < -0.3 is 4.90 Å². The van der Waals surface area contributed by atoms with Gasteiger partial charge in [-0.25, -0.2) is 0 Å². The average molecular weight is 401 g/mol. The molecule has 3 amide bonds. The normalized spacial score (nSPS) is 21.6. The van der Waals surface area contributed by atoms with E-state index >= 15 is 0 Å². The van der Waals surface area contributed by atoms with Crippen LogP contribution in [0.25, 0.3) is 5.57 Å². The third-order valence-electron chi connectivity index (χ3n) is 6.13. The molecule has 0 bridgehead atoms. The van der Waals surface area contributed by atoms with Gasteiger partial charge >= 0.3 is 0 Å². The van der Waals surface area contributed by atoms with Crippen molar-refractivity contribution >= 4 is 23.3 Å². The highest BCUT2D eigenvalue weighted by molar-refractivity contribution is 6.05. The van der Waals surface area contributed by atoms with E-state index in [2.05, 4.69) is 46.6 Å². The molecule has 3 heterocycles. The number of piperidine rings is 1. The van der Waals surface area contributed by atoms with Crippen LogP contribution < -0.4 is 5.32 Å². The molecule has 0 radical (unpaired) electrons. The molecule has 1 saturated heterocycles. The molecule has 5 rings (SSSR count). The molecule has 0 spiro atoms. The number of carbonyl (C=O) groups is 3. The van der Waals surface area contributed by atoms with Crippen LogP contribution in [0.2, 0.25) is 0 Å². The van der Waals surface area contributed by atoms with E-state index < -0.39 is 6.04 Å². The van der Waals surface area contributed by atoms with Crippen molar-refractivity contribution in [3.05, 3.63) is 76.9 Å². The summed E-state index contributed by atoms with van der Waals surface area (Å²) in [5.74, 6) is -0.768. The summed E-state index contributed by atoms with van der Waals surface area (Å²) in [6, 6.07) is 15.8. The van der Waals surface area contributed by atoms with Crippen molar-refractivity contribution in [1.29, 1.82) is 0 Å². The number of fused-ring (bicyclic) bond motifs is 1. The summed E-state index contributed by atoms with van der Waals surface area (Å²) >= 11 is 0. The van der Waals surface area contributed by atoms with Crippen LogP contribution in [0, 0.1) is 0 Å². The molecule has 2 aromatic carbocycles. The first-order chi connectivity index (χ1) is 14.6. The summed E-state index contributed by atoms with van der Waals surface area (Å²) in [5, 5.41) is 2.35. The first-order valence-electron chi connectivity index (χ1n) is 10.3. The molecule has 1 fully saturated rings. The quantitative estimate of drug-likeness (QED) is 0.799. The van der Waals surface area contributed by atoms with E-state index in [9.17, 15) is 14.4 Å². The molecule has 1 unspecified atom stereocenters. The van der Waals surface area contributed by atoms with Crippen LogP contribution in [-0.4, -0.2) is 46.7 Å². The molecule has 0 aromatic heterocycles. The molecule has 152 valence electrons. The SMILES string of the molecule is O=C1CCC(N2Cc3cc(C4=CCN(Cc5ccccc5)C4)ccc3C2=O)C(=O)N1. The second-order valence-electron chi connectivity index (χ2n) is 8.16. The lowest BCUT2D eigenvalue weighted by molar-refractivity contribution is -0.136. The number of benzene rings is 2. The minimum Gasteiger partial charge on any atom is -0.322 e. The Kier molecular flexibility index (Phi) is 4.71. The molecular formula is C24H23N3O3.